The molecule has 0 atom stereocenters. The highest BCUT2D eigenvalue weighted by Gasteiger charge is 2.08. The lowest BCUT2D eigenvalue weighted by atomic mass is 10.1. The Morgan fingerprint density at radius 2 is 2.20 bits per heavy atom. The number of hydrogen-bond donors (Lipinski definition) is 3. The number of halogens is 1. The highest BCUT2D eigenvalue weighted by atomic mass is 79.9. The smallest absolute Gasteiger partial charge is 0.305 e. The van der Waals surface area contributed by atoms with Crippen molar-refractivity contribution >= 4 is 38.5 Å². The molecule has 6 heteroatoms. The first-order valence-corrected chi connectivity index (χ1v) is 5.07. The number of fused-ring (bicyclic) bond motifs is 1. The Balaban J connectivity index is 0.00000112. The lowest BCUT2D eigenvalue weighted by Gasteiger charge is -2.01. The topological polar surface area (TPSA) is 79.1 Å². The maximum Gasteiger partial charge on any atom is 0.305 e. The predicted molar refractivity (Wildman–Crippen MR) is 67.2 cm³/mol. The van der Waals surface area contributed by atoms with E-state index >= 15 is 0 Å². The van der Waals surface area contributed by atoms with Gasteiger partial charge in [-0.1, -0.05) is 17.4 Å². The number of aromatic amines is 1. The van der Waals surface area contributed by atoms with Crippen LogP contribution in [-0.4, -0.2) is 16.6 Å². The predicted octanol–water partition coefficient (Wildman–Crippen LogP) is 1.37. The molecular formula is C9H11BrN2O2S. The highest BCUT2D eigenvalue weighted by molar-refractivity contribution is 8.93. The fourth-order valence-electron chi connectivity index (χ4n) is 1.43. The van der Waals surface area contributed by atoms with Gasteiger partial charge in [-0.15, -0.1) is 17.0 Å². The number of aromatic hydroxyl groups is 1. The van der Waals surface area contributed by atoms with Gasteiger partial charge in [-0.05, 0) is 24.6 Å². The molecule has 15 heavy (non-hydrogen) atoms. The van der Waals surface area contributed by atoms with Crippen LogP contribution in [0.4, 0.5) is 0 Å². The fourth-order valence-corrected chi connectivity index (χ4v) is 2.32. The third kappa shape index (κ3) is 2.22. The minimum absolute atomic E-state index is 0. The van der Waals surface area contributed by atoms with Crippen LogP contribution in [0.1, 0.15) is 5.56 Å². The lowest BCUT2D eigenvalue weighted by molar-refractivity contribution is 0.480. The van der Waals surface area contributed by atoms with E-state index < -0.39 is 0 Å². The lowest BCUT2D eigenvalue weighted by Crippen LogP contribution is -2.02. The van der Waals surface area contributed by atoms with Gasteiger partial charge in [0.25, 0.3) is 0 Å². The number of thiazole rings is 1. The summed E-state index contributed by atoms with van der Waals surface area (Å²) in [6, 6.07) is 3.38. The molecule has 0 radical (unpaired) electrons. The van der Waals surface area contributed by atoms with E-state index in [-0.39, 0.29) is 27.6 Å². The van der Waals surface area contributed by atoms with E-state index in [1.54, 1.807) is 12.1 Å². The highest BCUT2D eigenvalue weighted by Crippen LogP contribution is 2.27. The molecule has 0 aliphatic heterocycles. The van der Waals surface area contributed by atoms with Crippen LogP contribution in [0.2, 0.25) is 0 Å². The van der Waals surface area contributed by atoms with Gasteiger partial charge in [0.15, 0.2) is 0 Å². The molecule has 1 heterocycles. The minimum Gasteiger partial charge on any atom is -0.506 e. The van der Waals surface area contributed by atoms with Crippen LogP contribution in [-0.2, 0) is 6.42 Å². The van der Waals surface area contributed by atoms with Gasteiger partial charge < -0.3 is 15.8 Å². The van der Waals surface area contributed by atoms with Crippen molar-refractivity contribution in [3.05, 3.63) is 27.4 Å². The summed E-state index contributed by atoms with van der Waals surface area (Å²) in [6.45, 7) is 0.534. The summed E-state index contributed by atoms with van der Waals surface area (Å²) in [5, 5.41) is 9.48. The van der Waals surface area contributed by atoms with Crippen molar-refractivity contribution < 1.29 is 5.11 Å². The van der Waals surface area contributed by atoms with Gasteiger partial charge in [0.2, 0.25) is 0 Å². The molecule has 0 saturated heterocycles. The maximum absolute atomic E-state index is 11.1. The van der Waals surface area contributed by atoms with Crippen molar-refractivity contribution in [2.75, 3.05) is 6.54 Å². The summed E-state index contributed by atoms with van der Waals surface area (Å²) in [5.41, 5.74) is 6.97. The monoisotopic (exact) mass is 290 g/mol. The van der Waals surface area contributed by atoms with Gasteiger partial charge in [-0.25, -0.2) is 0 Å². The van der Waals surface area contributed by atoms with Crippen LogP contribution in [0.5, 0.6) is 5.75 Å². The number of nitrogens with two attached hydrogens (primary N) is 1. The largest absolute Gasteiger partial charge is 0.506 e. The molecule has 1 aromatic heterocycles. The Morgan fingerprint density at radius 3 is 2.87 bits per heavy atom. The Hall–Kier alpha value is -0.850. The first kappa shape index (κ1) is 12.2. The summed E-state index contributed by atoms with van der Waals surface area (Å²) >= 11 is 1.11. The quantitative estimate of drug-likeness (QED) is 0.782. The Bertz CT molecular complexity index is 520. The van der Waals surface area contributed by atoms with E-state index in [9.17, 15) is 9.90 Å². The van der Waals surface area contributed by atoms with Crippen molar-refractivity contribution in [1.29, 1.82) is 0 Å². The molecule has 0 amide bonds. The molecule has 1 aromatic carbocycles. The number of aromatic nitrogens is 1. The molecule has 2 aromatic rings. The van der Waals surface area contributed by atoms with Crippen molar-refractivity contribution in [3.8, 4) is 5.75 Å². The minimum atomic E-state index is -0.153. The fraction of sp³-hybridized carbons (Fsp3) is 0.222. The van der Waals surface area contributed by atoms with Crippen LogP contribution < -0.4 is 10.6 Å². The summed E-state index contributed by atoms with van der Waals surface area (Å²) in [7, 11) is 0. The van der Waals surface area contributed by atoms with Gasteiger partial charge >= 0.3 is 4.87 Å². The average molecular weight is 291 g/mol. The number of hydrogen-bond acceptors (Lipinski definition) is 4. The number of rotatable bonds is 2. The standard InChI is InChI=1S/C9H10N2O2S.BrH/c10-4-3-5-1-2-6(12)7-8(5)14-9(13)11-7;/h1-2,12H,3-4,10H2,(H,11,13);1H. The molecule has 0 spiro atoms. The van der Waals surface area contributed by atoms with Crippen molar-refractivity contribution in [3.63, 3.8) is 0 Å². The van der Waals surface area contributed by atoms with Crippen molar-refractivity contribution in [2.45, 2.75) is 6.42 Å². The zero-order valence-corrected chi connectivity index (χ0v) is 10.3. The Labute approximate surface area is 101 Å². The van der Waals surface area contributed by atoms with E-state index in [2.05, 4.69) is 4.98 Å². The van der Waals surface area contributed by atoms with Gasteiger partial charge in [-0.3, -0.25) is 4.79 Å². The van der Waals surface area contributed by atoms with Crippen LogP contribution in [0.15, 0.2) is 16.9 Å². The second-order valence-corrected chi connectivity index (χ2v) is 3.98. The van der Waals surface area contributed by atoms with Crippen LogP contribution in [0.3, 0.4) is 0 Å². The molecule has 0 aliphatic carbocycles. The molecule has 0 unspecified atom stereocenters. The molecular weight excluding hydrogens is 280 g/mol. The molecule has 82 valence electrons. The van der Waals surface area contributed by atoms with Crippen molar-refractivity contribution in [2.24, 2.45) is 5.73 Å². The summed E-state index contributed by atoms with van der Waals surface area (Å²) in [6.07, 6.45) is 0.713. The summed E-state index contributed by atoms with van der Waals surface area (Å²) in [4.78, 5) is 13.6. The second-order valence-electron chi connectivity index (χ2n) is 3.00. The number of nitrogens with one attached hydrogen (secondary N) is 1. The first-order valence-electron chi connectivity index (χ1n) is 4.26. The molecule has 2 rings (SSSR count). The summed E-state index contributed by atoms with van der Waals surface area (Å²) in [5.74, 6) is 0.110. The summed E-state index contributed by atoms with van der Waals surface area (Å²) < 4.78 is 0.806. The van der Waals surface area contributed by atoms with E-state index in [4.69, 9.17) is 5.73 Å². The maximum atomic E-state index is 11.1. The van der Waals surface area contributed by atoms with E-state index in [0.717, 1.165) is 21.6 Å². The first-order chi connectivity index (χ1) is 6.72. The molecule has 4 N–H and O–H groups in total. The molecule has 0 aliphatic rings. The third-order valence-electron chi connectivity index (χ3n) is 2.05. The van der Waals surface area contributed by atoms with Crippen LogP contribution >= 0.6 is 28.3 Å². The third-order valence-corrected chi connectivity index (χ3v) is 3.01. The van der Waals surface area contributed by atoms with Crippen LogP contribution in [0, 0.1) is 0 Å². The van der Waals surface area contributed by atoms with Gasteiger partial charge in [0.05, 0.1) is 4.70 Å². The Kier molecular flexibility index (Phi) is 3.90. The normalized spacial score (nSPS) is 10.2. The number of phenolic OH excluding ortho intramolecular Hbond substituents is 1. The number of H-pyrrole nitrogens is 1. The van der Waals surface area contributed by atoms with E-state index in [1.807, 2.05) is 0 Å². The average Bonchev–Trinajstić information content (AvgIpc) is 2.53. The Morgan fingerprint density at radius 1 is 1.47 bits per heavy atom. The van der Waals surface area contributed by atoms with Gasteiger partial charge in [0.1, 0.15) is 11.3 Å². The number of phenols is 1. The van der Waals surface area contributed by atoms with Gasteiger partial charge in [0, 0.05) is 0 Å². The zero-order chi connectivity index (χ0) is 10.1. The van der Waals surface area contributed by atoms with Gasteiger partial charge in [-0.2, -0.15) is 0 Å². The van der Waals surface area contributed by atoms with Crippen LogP contribution in [0.25, 0.3) is 10.2 Å². The number of benzene rings is 1. The molecule has 0 fully saturated rings. The van der Waals surface area contributed by atoms with E-state index in [0.29, 0.717) is 18.5 Å². The SMILES string of the molecule is Br.NCCc1ccc(O)c2[nH]c(=O)sc12. The second kappa shape index (κ2) is 4.78. The van der Waals surface area contributed by atoms with Crippen molar-refractivity contribution in [1.82, 2.24) is 4.98 Å². The molecule has 0 saturated carbocycles. The van der Waals surface area contributed by atoms with E-state index in [1.165, 1.54) is 0 Å². The molecule has 4 nitrogen and oxygen atoms in total. The molecule has 0 bridgehead atoms. The zero-order valence-electron chi connectivity index (χ0n) is 7.82.